The van der Waals surface area contributed by atoms with Gasteiger partial charge in [0.1, 0.15) is 17.7 Å². The fourth-order valence-electron chi connectivity index (χ4n) is 6.03. The van der Waals surface area contributed by atoms with Gasteiger partial charge in [-0.05, 0) is 42.8 Å². The molecule has 2 saturated heterocycles. The lowest BCUT2D eigenvalue weighted by Gasteiger charge is -2.36. The monoisotopic (exact) mass is 569 g/mol. The number of nitrogens with zero attached hydrogens (tertiary/aromatic N) is 4. The number of aromatic nitrogens is 2. The van der Waals surface area contributed by atoms with Gasteiger partial charge in [-0.2, -0.15) is 5.10 Å². The van der Waals surface area contributed by atoms with Crippen molar-refractivity contribution >= 4 is 22.4 Å². The van der Waals surface area contributed by atoms with Gasteiger partial charge in [-0.1, -0.05) is 42.5 Å². The Balaban J connectivity index is 0.976. The molecule has 1 aromatic heterocycles. The van der Waals surface area contributed by atoms with Crippen LogP contribution < -0.4 is 15.2 Å². The van der Waals surface area contributed by atoms with Crippen molar-refractivity contribution in [3.05, 3.63) is 100 Å². The van der Waals surface area contributed by atoms with Gasteiger partial charge < -0.3 is 14.5 Å². The highest BCUT2D eigenvalue weighted by atomic mass is 19.1. The molecule has 42 heavy (non-hydrogen) atoms. The molecule has 2 fully saturated rings. The minimum absolute atomic E-state index is 0.0113. The van der Waals surface area contributed by atoms with Crippen LogP contribution in [-0.4, -0.2) is 71.3 Å². The molecule has 2 aliphatic heterocycles. The lowest BCUT2D eigenvalue weighted by atomic mass is 9.98. The topological polar surface area (TPSA) is 81.8 Å². The van der Waals surface area contributed by atoms with Gasteiger partial charge in [0.2, 0.25) is 5.91 Å². The zero-order valence-electron chi connectivity index (χ0n) is 23.8. The van der Waals surface area contributed by atoms with E-state index in [4.69, 9.17) is 4.74 Å². The van der Waals surface area contributed by atoms with Crippen LogP contribution in [0.1, 0.15) is 36.9 Å². The fraction of sp³-hybridized carbons (Fsp3) is 0.364. The molecule has 2 aliphatic rings. The van der Waals surface area contributed by atoms with Crippen LogP contribution in [-0.2, 0) is 11.3 Å². The first kappa shape index (κ1) is 27.9. The molecule has 1 N–H and O–H groups in total. The molecule has 6 rings (SSSR count). The Kier molecular flexibility index (Phi) is 8.19. The number of likely N-dealkylation sites (tertiary alicyclic amines) is 1. The Bertz CT molecular complexity index is 1590. The Labute approximate surface area is 244 Å². The zero-order chi connectivity index (χ0) is 29.1. The van der Waals surface area contributed by atoms with Crippen LogP contribution in [0.25, 0.3) is 10.8 Å². The number of hydrogen-bond acceptors (Lipinski definition) is 6. The highest BCUT2D eigenvalue weighted by molar-refractivity contribution is 5.91. The maximum absolute atomic E-state index is 14.1. The van der Waals surface area contributed by atoms with Gasteiger partial charge in [-0.15, -0.1) is 0 Å². The number of hydrogen-bond donors (Lipinski definition) is 1. The summed E-state index contributed by atoms with van der Waals surface area (Å²) in [6.45, 7) is 7.32. The molecule has 0 saturated carbocycles. The van der Waals surface area contributed by atoms with E-state index in [1.54, 1.807) is 12.1 Å². The number of fused-ring (bicyclic) bond motifs is 1. The van der Waals surface area contributed by atoms with E-state index in [-0.39, 0.29) is 23.4 Å². The number of rotatable bonds is 7. The van der Waals surface area contributed by atoms with Gasteiger partial charge >= 0.3 is 0 Å². The van der Waals surface area contributed by atoms with Crippen molar-refractivity contribution in [1.29, 1.82) is 0 Å². The number of carbonyl (C=O) groups is 1. The SMILES string of the molecule is CC(C(=O)N1CCC(Oc2ccc(CN3CCN(c4ccccc4F)CC3)cc2)CC1)c1n[nH]c(=O)c2ccccc12. The lowest BCUT2D eigenvalue weighted by molar-refractivity contribution is -0.134. The lowest BCUT2D eigenvalue weighted by Crippen LogP contribution is -2.46. The second-order valence-corrected chi connectivity index (χ2v) is 11.2. The molecule has 3 heterocycles. The summed E-state index contributed by atoms with van der Waals surface area (Å²) in [6, 6.07) is 22.5. The van der Waals surface area contributed by atoms with Crippen molar-refractivity contribution in [2.45, 2.75) is 38.3 Å². The average molecular weight is 570 g/mol. The summed E-state index contributed by atoms with van der Waals surface area (Å²) in [5, 5.41) is 8.03. The average Bonchev–Trinajstić information content (AvgIpc) is 3.03. The van der Waals surface area contributed by atoms with Gasteiger partial charge in [-0.25, -0.2) is 9.49 Å². The van der Waals surface area contributed by atoms with E-state index in [1.165, 1.54) is 11.6 Å². The molecule has 0 bridgehead atoms. The normalized spacial score (nSPS) is 17.4. The van der Waals surface area contributed by atoms with E-state index in [9.17, 15) is 14.0 Å². The van der Waals surface area contributed by atoms with Crippen molar-refractivity contribution < 1.29 is 13.9 Å². The third kappa shape index (κ3) is 6.01. The minimum Gasteiger partial charge on any atom is -0.490 e. The predicted octanol–water partition coefficient (Wildman–Crippen LogP) is 4.56. The van der Waals surface area contributed by atoms with Crippen molar-refractivity contribution in [3.63, 3.8) is 0 Å². The minimum atomic E-state index is -0.459. The van der Waals surface area contributed by atoms with Crippen molar-refractivity contribution in [1.82, 2.24) is 20.0 Å². The van der Waals surface area contributed by atoms with Crippen LogP contribution in [0.5, 0.6) is 5.75 Å². The summed E-state index contributed by atoms with van der Waals surface area (Å²) in [7, 11) is 0. The first-order valence-corrected chi connectivity index (χ1v) is 14.7. The quantitative estimate of drug-likeness (QED) is 0.352. The summed E-state index contributed by atoms with van der Waals surface area (Å²) in [6.07, 6.45) is 1.56. The summed E-state index contributed by atoms with van der Waals surface area (Å²) < 4.78 is 20.4. The van der Waals surface area contributed by atoms with Crippen LogP contribution in [0.4, 0.5) is 10.1 Å². The summed E-state index contributed by atoms with van der Waals surface area (Å²) in [4.78, 5) is 31.9. The molecule has 8 nitrogen and oxygen atoms in total. The summed E-state index contributed by atoms with van der Waals surface area (Å²) in [5.74, 6) is 0.229. The van der Waals surface area contributed by atoms with Gasteiger partial charge in [0.25, 0.3) is 5.56 Å². The van der Waals surface area contributed by atoms with E-state index in [0.717, 1.165) is 51.3 Å². The van der Waals surface area contributed by atoms with E-state index >= 15 is 0 Å². The Morgan fingerprint density at radius 1 is 0.929 bits per heavy atom. The first-order chi connectivity index (χ1) is 20.5. The molecule has 218 valence electrons. The molecule has 0 spiro atoms. The number of amides is 1. The van der Waals surface area contributed by atoms with Crippen LogP contribution in [0.15, 0.2) is 77.6 Å². The highest BCUT2D eigenvalue weighted by Crippen LogP contribution is 2.26. The number of aromatic amines is 1. The molecule has 0 radical (unpaired) electrons. The van der Waals surface area contributed by atoms with Gasteiger partial charge in [-0.3, -0.25) is 14.5 Å². The molecular weight excluding hydrogens is 533 g/mol. The van der Waals surface area contributed by atoms with E-state index < -0.39 is 5.92 Å². The number of H-pyrrole nitrogens is 1. The molecule has 1 amide bonds. The maximum atomic E-state index is 14.1. The number of piperidine rings is 1. The molecule has 0 aliphatic carbocycles. The Morgan fingerprint density at radius 2 is 1.60 bits per heavy atom. The summed E-state index contributed by atoms with van der Waals surface area (Å²) >= 11 is 0. The first-order valence-electron chi connectivity index (χ1n) is 14.7. The highest BCUT2D eigenvalue weighted by Gasteiger charge is 2.29. The number of para-hydroxylation sites is 1. The summed E-state index contributed by atoms with van der Waals surface area (Å²) in [5.41, 5.74) is 2.25. The number of nitrogens with one attached hydrogen (secondary N) is 1. The van der Waals surface area contributed by atoms with Gasteiger partial charge in [0.15, 0.2) is 0 Å². The molecule has 1 unspecified atom stereocenters. The molecule has 3 aromatic carbocycles. The number of halogens is 1. The molecular formula is C33H36FN5O3. The number of anilines is 1. The molecule has 4 aromatic rings. The van der Waals surface area contributed by atoms with Crippen LogP contribution in [0.2, 0.25) is 0 Å². The van der Waals surface area contributed by atoms with E-state index in [2.05, 4.69) is 32.1 Å². The zero-order valence-corrected chi connectivity index (χ0v) is 23.8. The van der Waals surface area contributed by atoms with Crippen LogP contribution >= 0.6 is 0 Å². The van der Waals surface area contributed by atoms with E-state index in [0.29, 0.717) is 35.2 Å². The number of ether oxygens (including phenoxy) is 1. The largest absolute Gasteiger partial charge is 0.490 e. The predicted molar refractivity (Wildman–Crippen MR) is 161 cm³/mol. The van der Waals surface area contributed by atoms with Gasteiger partial charge in [0, 0.05) is 64.0 Å². The molecule has 9 heteroatoms. The Morgan fingerprint density at radius 3 is 2.31 bits per heavy atom. The van der Waals surface area contributed by atoms with Crippen molar-refractivity contribution in [2.24, 2.45) is 0 Å². The van der Waals surface area contributed by atoms with Crippen LogP contribution in [0, 0.1) is 5.82 Å². The van der Waals surface area contributed by atoms with Crippen LogP contribution in [0.3, 0.4) is 0 Å². The van der Waals surface area contributed by atoms with Gasteiger partial charge in [0.05, 0.1) is 22.7 Å². The van der Waals surface area contributed by atoms with Crippen molar-refractivity contribution in [2.75, 3.05) is 44.2 Å². The smallest absolute Gasteiger partial charge is 0.272 e. The standard InChI is InChI=1S/C33H36FN5O3/c1-23(31-27-6-2-3-7-28(27)32(40)36-35-31)33(41)39-16-14-26(15-17-39)42-25-12-10-24(11-13-25)22-37-18-20-38(21-19-37)30-9-5-4-8-29(30)34/h2-13,23,26H,14-22H2,1H3,(H,36,40). The Hall–Kier alpha value is -4.24. The molecule has 1 atom stereocenters. The third-order valence-corrected chi connectivity index (χ3v) is 8.46. The van der Waals surface area contributed by atoms with Crippen molar-refractivity contribution in [3.8, 4) is 5.75 Å². The van der Waals surface area contributed by atoms with E-state index in [1.807, 2.05) is 54.3 Å². The second kappa shape index (κ2) is 12.3. The number of piperazine rings is 1. The fourth-order valence-corrected chi connectivity index (χ4v) is 6.03. The maximum Gasteiger partial charge on any atom is 0.272 e. The third-order valence-electron chi connectivity index (χ3n) is 8.46. The number of carbonyl (C=O) groups excluding carboxylic acids is 1. The second-order valence-electron chi connectivity index (χ2n) is 11.2. The number of benzene rings is 3.